The van der Waals surface area contributed by atoms with E-state index in [4.69, 9.17) is 10.7 Å². The zero-order valence-corrected chi connectivity index (χ0v) is 14.8. The third kappa shape index (κ3) is 5.15. The molecular weight excluding hydrogens is 306 g/mol. The van der Waals surface area contributed by atoms with Crippen molar-refractivity contribution in [1.29, 1.82) is 0 Å². The molecule has 124 valence electrons. The normalized spacial score (nSPS) is 12.4. The lowest BCUT2D eigenvalue weighted by Gasteiger charge is -2.13. The molecule has 0 bridgehead atoms. The van der Waals surface area contributed by atoms with Gasteiger partial charge in [-0.1, -0.05) is 44.2 Å². The summed E-state index contributed by atoms with van der Waals surface area (Å²) >= 11 is 1.69. The third-order valence-corrected chi connectivity index (χ3v) is 4.62. The minimum absolute atomic E-state index is 0.0738. The summed E-state index contributed by atoms with van der Waals surface area (Å²) in [6.45, 7) is 6.79. The second kappa shape index (κ2) is 8.22. The lowest BCUT2D eigenvalue weighted by atomic mass is 10.0. The predicted molar refractivity (Wildman–Crippen MR) is 96.4 cm³/mol. The van der Waals surface area contributed by atoms with Crippen LogP contribution in [0.25, 0.3) is 11.3 Å². The molecule has 1 aromatic heterocycles. The smallest absolute Gasteiger partial charge is 0.236 e. The summed E-state index contributed by atoms with van der Waals surface area (Å²) in [5.74, 6) is 0.348. The minimum Gasteiger partial charge on any atom is -0.354 e. The van der Waals surface area contributed by atoms with E-state index in [1.807, 2.05) is 18.2 Å². The number of aryl methyl sites for hydroxylation is 1. The molecule has 5 heteroatoms. The summed E-state index contributed by atoms with van der Waals surface area (Å²) in [6, 6.07) is 9.75. The van der Waals surface area contributed by atoms with Gasteiger partial charge in [-0.05, 0) is 19.3 Å². The van der Waals surface area contributed by atoms with E-state index in [0.29, 0.717) is 18.9 Å². The summed E-state index contributed by atoms with van der Waals surface area (Å²) in [5.41, 5.74) is 8.05. The van der Waals surface area contributed by atoms with Crippen molar-refractivity contribution in [2.45, 2.75) is 39.7 Å². The molecule has 1 atom stereocenters. The van der Waals surface area contributed by atoms with Gasteiger partial charge in [-0.3, -0.25) is 4.79 Å². The molecule has 0 spiro atoms. The number of benzene rings is 1. The maximum Gasteiger partial charge on any atom is 0.236 e. The van der Waals surface area contributed by atoms with Crippen LogP contribution in [-0.4, -0.2) is 23.5 Å². The van der Waals surface area contributed by atoms with E-state index in [-0.39, 0.29) is 5.91 Å². The van der Waals surface area contributed by atoms with Gasteiger partial charge >= 0.3 is 0 Å². The van der Waals surface area contributed by atoms with Gasteiger partial charge in [0.1, 0.15) is 0 Å². The lowest BCUT2D eigenvalue weighted by molar-refractivity contribution is -0.122. The first-order valence-electron chi connectivity index (χ1n) is 8.02. The number of nitrogens with two attached hydrogens (primary N) is 1. The first kappa shape index (κ1) is 17.6. The Hall–Kier alpha value is -1.72. The van der Waals surface area contributed by atoms with Gasteiger partial charge in [0.2, 0.25) is 5.91 Å². The van der Waals surface area contributed by atoms with Crippen molar-refractivity contribution in [2.75, 3.05) is 6.54 Å². The van der Waals surface area contributed by atoms with Crippen LogP contribution in [0.4, 0.5) is 0 Å². The number of aromatic nitrogens is 1. The zero-order chi connectivity index (χ0) is 16.8. The summed E-state index contributed by atoms with van der Waals surface area (Å²) in [6.07, 6.45) is 1.44. The molecule has 1 amide bonds. The molecule has 2 rings (SSSR count). The second-order valence-corrected chi connectivity index (χ2v) is 7.44. The first-order valence-corrected chi connectivity index (χ1v) is 8.84. The number of carbonyl (C=O) groups is 1. The Bertz CT molecular complexity index is 637. The highest BCUT2D eigenvalue weighted by molar-refractivity contribution is 7.12. The van der Waals surface area contributed by atoms with Crippen molar-refractivity contribution in [1.82, 2.24) is 10.3 Å². The molecule has 1 heterocycles. The fourth-order valence-corrected chi connectivity index (χ4v) is 3.42. The average Bonchev–Trinajstić information content (AvgIpc) is 2.88. The zero-order valence-electron chi connectivity index (χ0n) is 14.0. The topological polar surface area (TPSA) is 68.0 Å². The quantitative estimate of drug-likeness (QED) is 0.819. The molecule has 0 saturated heterocycles. The number of thiazole rings is 1. The van der Waals surface area contributed by atoms with Gasteiger partial charge in [0.05, 0.1) is 16.7 Å². The van der Waals surface area contributed by atoms with Crippen molar-refractivity contribution in [3.8, 4) is 11.3 Å². The first-order chi connectivity index (χ1) is 11.0. The summed E-state index contributed by atoms with van der Waals surface area (Å²) in [4.78, 5) is 17.8. The molecule has 0 aliphatic rings. The minimum atomic E-state index is -0.423. The fraction of sp³-hybridized carbons (Fsp3) is 0.444. The van der Waals surface area contributed by atoms with Gasteiger partial charge in [-0.15, -0.1) is 11.3 Å². The van der Waals surface area contributed by atoms with Gasteiger partial charge in [0.25, 0.3) is 0 Å². The second-order valence-electron chi connectivity index (χ2n) is 6.16. The molecular formula is C18H25N3OS. The van der Waals surface area contributed by atoms with Gasteiger partial charge in [0.15, 0.2) is 0 Å². The number of nitrogens with one attached hydrogen (secondary N) is 1. The Morgan fingerprint density at radius 1 is 1.30 bits per heavy atom. The van der Waals surface area contributed by atoms with Crippen LogP contribution in [0, 0.1) is 12.8 Å². The molecule has 0 radical (unpaired) electrons. The number of hydrogen-bond acceptors (Lipinski definition) is 4. The van der Waals surface area contributed by atoms with Crippen LogP contribution >= 0.6 is 11.3 Å². The van der Waals surface area contributed by atoms with Crippen molar-refractivity contribution in [2.24, 2.45) is 11.7 Å². The highest BCUT2D eigenvalue weighted by Gasteiger charge is 2.15. The van der Waals surface area contributed by atoms with Crippen LogP contribution in [0.5, 0.6) is 0 Å². The molecule has 0 aliphatic carbocycles. The maximum absolute atomic E-state index is 11.9. The Morgan fingerprint density at radius 2 is 2.00 bits per heavy atom. The predicted octanol–water partition coefficient (Wildman–Crippen LogP) is 3.15. The molecule has 0 fully saturated rings. The van der Waals surface area contributed by atoms with Crippen LogP contribution in [0.2, 0.25) is 0 Å². The summed E-state index contributed by atoms with van der Waals surface area (Å²) in [7, 11) is 0. The lowest BCUT2D eigenvalue weighted by Crippen LogP contribution is -2.42. The molecule has 4 nitrogen and oxygen atoms in total. The number of carbonyl (C=O) groups excluding carboxylic acids is 1. The molecule has 23 heavy (non-hydrogen) atoms. The van der Waals surface area contributed by atoms with Crippen LogP contribution in [0.3, 0.4) is 0 Å². The van der Waals surface area contributed by atoms with Crippen molar-refractivity contribution in [3.63, 3.8) is 0 Å². The van der Waals surface area contributed by atoms with Crippen molar-refractivity contribution in [3.05, 3.63) is 40.2 Å². The van der Waals surface area contributed by atoms with Crippen molar-refractivity contribution < 1.29 is 4.79 Å². The van der Waals surface area contributed by atoms with Gasteiger partial charge in [0, 0.05) is 23.4 Å². The van der Waals surface area contributed by atoms with Crippen molar-refractivity contribution >= 4 is 17.2 Å². The number of nitrogens with zero attached hydrogens (tertiary/aromatic N) is 1. The highest BCUT2D eigenvalue weighted by atomic mass is 32.1. The SMILES string of the molecule is Cc1sc(CCNC(=O)[C@@H](N)CC(C)C)nc1-c1ccccc1. The molecule has 2 aromatic rings. The van der Waals surface area contributed by atoms with Crippen LogP contribution in [0.15, 0.2) is 30.3 Å². The maximum atomic E-state index is 11.9. The molecule has 3 N–H and O–H groups in total. The van der Waals surface area contributed by atoms with E-state index in [1.54, 1.807) is 11.3 Å². The Morgan fingerprint density at radius 3 is 2.65 bits per heavy atom. The monoisotopic (exact) mass is 331 g/mol. The summed E-state index contributed by atoms with van der Waals surface area (Å²) in [5, 5.41) is 3.95. The van der Waals surface area contributed by atoms with Crippen LogP contribution in [-0.2, 0) is 11.2 Å². The highest BCUT2D eigenvalue weighted by Crippen LogP contribution is 2.27. The van der Waals surface area contributed by atoms with E-state index >= 15 is 0 Å². The Balaban J connectivity index is 1.89. The Kier molecular flexibility index (Phi) is 6.30. The van der Waals surface area contributed by atoms with E-state index in [1.165, 1.54) is 4.88 Å². The van der Waals surface area contributed by atoms with E-state index in [2.05, 4.69) is 38.2 Å². The standard InChI is InChI=1S/C18H25N3OS/c1-12(2)11-15(19)18(22)20-10-9-16-21-17(13(3)23-16)14-7-5-4-6-8-14/h4-8,12,15H,9-11,19H2,1-3H3,(H,20,22)/t15-/m0/s1. The molecule has 0 saturated carbocycles. The third-order valence-electron chi connectivity index (χ3n) is 3.59. The van der Waals surface area contributed by atoms with E-state index in [0.717, 1.165) is 22.7 Å². The average molecular weight is 331 g/mol. The Labute approximate surface area is 142 Å². The number of amides is 1. The van der Waals surface area contributed by atoms with E-state index < -0.39 is 6.04 Å². The number of rotatable bonds is 7. The van der Waals surface area contributed by atoms with Gasteiger partial charge in [-0.2, -0.15) is 0 Å². The van der Waals surface area contributed by atoms with Gasteiger partial charge in [-0.25, -0.2) is 4.98 Å². The largest absolute Gasteiger partial charge is 0.354 e. The molecule has 1 aromatic carbocycles. The van der Waals surface area contributed by atoms with E-state index in [9.17, 15) is 4.79 Å². The van der Waals surface area contributed by atoms with Crippen LogP contribution in [0.1, 0.15) is 30.2 Å². The fourth-order valence-electron chi connectivity index (χ4n) is 2.46. The molecule has 0 aliphatic heterocycles. The molecule has 0 unspecified atom stereocenters. The summed E-state index contributed by atoms with van der Waals surface area (Å²) < 4.78 is 0. The van der Waals surface area contributed by atoms with Gasteiger partial charge < -0.3 is 11.1 Å². The van der Waals surface area contributed by atoms with Crippen LogP contribution < -0.4 is 11.1 Å². The number of hydrogen-bond donors (Lipinski definition) is 2.